The second-order valence-corrected chi connectivity index (χ2v) is 5.86. The lowest BCUT2D eigenvalue weighted by molar-refractivity contribution is 0.0386. The Morgan fingerprint density at radius 3 is 2.63 bits per heavy atom. The molecule has 3 nitrogen and oxygen atoms in total. The van der Waals surface area contributed by atoms with Crippen LogP contribution in [0.25, 0.3) is 0 Å². The second kappa shape index (κ2) is 8.00. The Bertz CT molecular complexity index is 365. The first-order valence-electron chi connectivity index (χ1n) is 6.89. The average Bonchev–Trinajstić information content (AvgIpc) is 3.23. The summed E-state index contributed by atoms with van der Waals surface area (Å²) < 4.78 is 12.1. The van der Waals surface area contributed by atoms with Gasteiger partial charge < -0.3 is 14.8 Å². The summed E-state index contributed by atoms with van der Waals surface area (Å²) in [7, 11) is 1.72. The van der Waals surface area contributed by atoms with Crippen LogP contribution in [0.2, 0.25) is 0 Å². The monoisotopic (exact) mass is 327 g/mol. The van der Waals surface area contributed by atoms with Crippen molar-refractivity contribution in [2.45, 2.75) is 31.4 Å². The molecule has 19 heavy (non-hydrogen) atoms. The number of methoxy groups -OCH3 is 1. The molecule has 106 valence electrons. The smallest absolute Gasteiger partial charge is 0.0949 e. The lowest BCUT2D eigenvalue weighted by atomic mass is 10.1. The van der Waals surface area contributed by atoms with Crippen molar-refractivity contribution >= 4 is 15.9 Å². The fraction of sp³-hybridized carbons (Fsp3) is 0.600. The summed E-state index contributed by atoms with van der Waals surface area (Å²) in [6.45, 7) is 2.38. The zero-order valence-corrected chi connectivity index (χ0v) is 13.0. The summed E-state index contributed by atoms with van der Waals surface area (Å²) in [5.74, 6) is 0. The Kier molecular flexibility index (Phi) is 6.31. The number of hydrogen-bond acceptors (Lipinski definition) is 3. The van der Waals surface area contributed by atoms with E-state index in [1.807, 2.05) is 0 Å². The highest BCUT2D eigenvalue weighted by atomic mass is 79.9. The molecule has 0 bridgehead atoms. The standard InChI is InChI=1S/C15H22BrNO2/c1-18-9-2-10-19-15(11-17-14-7-8-14)12-3-5-13(16)6-4-12/h3-6,14-15,17H,2,7-11H2,1H3. The molecule has 2 rings (SSSR count). The minimum Gasteiger partial charge on any atom is -0.385 e. The highest BCUT2D eigenvalue weighted by Crippen LogP contribution is 2.23. The molecule has 0 radical (unpaired) electrons. The van der Waals surface area contributed by atoms with Gasteiger partial charge in [-0.15, -0.1) is 0 Å². The normalized spacial score (nSPS) is 16.5. The first-order valence-corrected chi connectivity index (χ1v) is 7.68. The van der Waals surface area contributed by atoms with E-state index < -0.39 is 0 Å². The van der Waals surface area contributed by atoms with Gasteiger partial charge in [-0.1, -0.05) is 28.1 Å². The summed E-state index contributed by atoms with van der Waals surface area (Å²) in [5.41, 5.74) is 1.23. The molecular weight excluding hydrogens is 306 g/mol. The van der Waals surface area contributed by atoms with Gasteiger partial charge in [0.05, 0.1) is 6.10 Å². The van der Waals surface area contributed by atoms with Crippen LogP contribution in [-0.2, 0) is 9.47 Å². The van der Waals surface area contributed by atoms with Crippen molar-refractivity contribution in [2.24, 2.45) is 0 Å². The van der Waals surface area contributed by atoms with Gasteiger partial charge in [-0.2, -0.15) is 0 Å². The van der Waals surface area contributed by atoms with E-state index in [1.165, 1.54) is 18.4 Å². The van der Waals surface area contributed by atoms with Gasteiger partial charge in [-0.05, 0) is 37.0 Å². The van der Waals surface area contributed by atoms with Gasteiger partial charge in [-0.25, -0.2) is 0 Å². The molecule has 1 aliphatic carbocycles. The van der Waals surface area contributed by atoms with Crippen LogP contribution in [0, 0.1) is 0 Å². The zero-order valence-electron chi connectivity index (χ0n) is 11.4. The summed E-state index contributed by atoms with van der Waals surface area (Å²) in [4.78, 5) is 0. The Morgan fingerprint density at radius 1 is 1.26 bits per heavy atom. The van der Waals surface area contributed by atoms with Gasteiger partial charge in [0, 0.05) is 37.4 Å². The summed E-state index contributed by atoms with van der Waals surface area (Å²) in [5, 5.41) is 3.54. The van der Waals surface area contributed by atoms with E-state index in [9.17, 15) is 0 Å². The van der Waals surface area contributed by atoms with Crippen LogP contribution in [0.15, 0.2) is 28.7 Å². The summed E-state index contributed by atoms with van der Waals surface area (Å²) in [6, 6.07) is 9.09. The quantitative estimate of drug-likeness (QED) is 0.706. The Balaban J connectivity index is 1.85. The van der Waals surface area contributed by atoms with Crippen LogP contribution >= 0.6 is 15.9 Å². The van der Waals surface area contributed by atoms with Crippen molar-refractivity contribution in [1.82, 2.24) is 5.32 Å². The molecule has 1 fully saturated rings. The van der Waals surface area contributed by atoms with Crippen molar-refractivity contribution in [3.8, 4) is 0 Å². The number of hydrogen-bond donors (Lipinski definition) is 1. The summed E-state index contributed by atoms with van der Waals surface area (Å²) in [6.07, 6.45) is 3.67. The first kappa shape index (κ1) is 15.0. The van der Waals surface area contributed by atoms with Crippen LogP contribution < -0.4 is 5.32 Å². The minimum atomic E-state index is 0.130. The molecular formula is C15H22BrNO2. The molecule has 1 unspecified atom stereocenters. The van der Waals surface area contributed by atoms with E-state index in [4.69, 9.17) is 9.47 Å². The molecule has 0 amide bonds. The number of rotatable bonds is 9. The number of ether oxygens (including phenoxy) is 2. The van der Waals surface area contributed by atoms with Crippen molar-refractivity contribution in [3.05, 3.63) is 34.3 Å². The van der Waals surface area contributed by atoms with Crippen LogP contribution in [0.4, 0.5) is 0 Å². The van der Waals surface area contributed by atoms with Gasteiger partial charge in [-0.3, -0.25) is 0 Å². The van der Waals surface area contributed by atoms with E-state index in [2.05, 4.69) is 45.5 Å². The zero-order chi connectivity index (χ0) is 13.5. The molecule has 0 spiro atoms. The molecule has 0 heterocycles. The summed E-state index contributed by atoms with van der Waals surface area (Å²) >= 11 is 3.47. The molecule has 1 aliphatic rings. The lowest BCUT2D eigenvalue weighted by Crippen LogP contribution is -2.25. The first-order chi connectivity index (χ1) is 9.29. The largest absolute Gasteiger partial charge is 0.385 e. The number of halogens is 1. The van der Waals surface area contributed by atoms with Gasteiger partial charge in [0.25, 0.3) is 0 Å². The van der Waals surface area contributed by atoms with Gasteiger partial charge in [0.1, 0.15) is 0 Å². The molecule has 1 aromatic rings. The molecule has 0 aromatic heterocycles. The van der Waals surface area contributed by atoms with Crippen LogP contribution in [0.5, 0.6) is 0 Å². The molecule has 1 saturated carbocycles. The predicted octanol–water partition coefficient (Wildman–Crippen LogP) is 3.30. The topological polar surface area (TPSA) is 30.5 Å². The molecule has 1 aromatic carbocycles. The van der Waals surface area contributed by atoms with Crippen molar-refractivity contribution in [3.63, 3.8) is 0 Å². The van der Waals surface area contributed by atoms with Gasteiger partial charge in [0.15, 0.2) is 0 Å². The highest BCUT2D eigenvalue weighted by Gasteiger charge is 2.22. The third-order valence-electron chi connectivity index (χ3n) is 3.22. The van der Waals surface area contributed by atoms with Gasteiger partial charge in [0.2, 0.25) is 0 Å². The second-order valence-electron chi connectivity index (χ2n) is 4.94. The molecule has 1 N–H and O–H groups in total. The maximum atomic E-state index is 5.99. The van der Waals surface area contributed by atoms with E-state index in [1.54, 1.807) is 7.11 Å². The highest BCUT2D eigenvalue weighted by molar-refractivity contribution is 9.10. The Hall–Kier alpha value is -0.420. The van der Waals surface area contributed by atoms with Crippen molar-refractivity contribution in [1.29, 1.82) is 0 Å². The number of nitrogens with one attached hydrogen (secondary N) is 1. The van der Waals surface area contributed by atoms with Gasteiger partial charge >= 0.3 is 0 Å². The minimum absolute atomic E-state index is 0.130. The fourth-order valence-electron chi connectivity index (χ4n) is 1.94. The van der Waals surface area contributed by atoms with Crippen LogP contribution in [-0.4, -0.2) is 32.9 Å². The average molecular weight is 328 g/mol. The number of benzene rings is 1. The van der Waals surface area contributed by atoms with E-state index in [0.717, 1.165) is 30.7 Å². The van der Waals surface area contributed by atoms with E-state index >= 15 is 0 Å². The maximum absolute atomic E-state index is 5.99. The molecule has 0 aliphatic heterocycles. The fourth-order valence-corrected chi connectivity index (χ4v) is 2.20. The molecule has 4 heteroatoms. The van der Waals surface area contributed by atoms with Crippen molar-refractivity contribution in [2.75, 3.05) is 26.9 Å². The van der Waals surface area contributed by atoms with E-state index in [0.29, 0.717) is 6.04 Å². The molecule has 1 atom stereocenters. The third-order valence-corrected chi connectivity index (χ3v) is 3.75. The van der Waals surface area contributed by atoms with Crippen LogP contribution in [0.3, 0.4) is 0 Å². The Labute approximate surface area is 123 Å². The predicted molar refractivity (Wildman–Crippen MR) is 80.4 cm³/mol. The van der Waals surface area contributed by atoms with E-state index in [-0.39, 0.29) is 6.10 Å². The lowest BCUT2D eigenvalue weighted by Gasteiger charge is -2.19. The Morgan fingerprint density at radius 2 is 2.00 bits per heavy atom. The van der Waals surface area contributed by atoms with Crippen molar-refractivity contribution < 1.29 is 9.47 Å². The SMILES string of the molecule is COCCCOC(CNC1CC1)c1ccc(Br)cc1. The maximum Gasteiger partial charge on any atom is 0.0949 e. The molecule has 0 saturated heterocycles. The third kappa shape index (κ3) is 5.61. The van der Waals surface area contributed by atoms with Crippen LogP contribution in [0.1, 0.15) is 30.9 Å².